The fourth-order valence-corrected chi connectivity index (χ4v) is 4.48. The van der Waals surface area contributed by atoms with Gasteiger partial charge in [0.1, 0.15) is 17.4 Å². The molecular weight excluding hydrogens is 430 g/mol. The second kappa shape index (κ2) is 10.3. The monoisotopic (exact) mass is 458 g/mol. The number of morpholine rings is 1. The summed E-state index contributed by atoms with van der Waals surface area (Å²) in [6.45, 7) is 3.25. The number of carbonyl (C=O) groups excluding carboxylic acids is 2. The third kappa shape index (κ3) is 5.87. The average molecular weight is 459 g/mol. The molecule has 0 bridgehead atoms. The molecule has 0 saturated carbocycles. The van der Waals surface area contributed by atoms with E-state index >= 15 is 0 Å². The van der Waals surface area contributed by atoms with Crippen LogP contribution in [0.1, 0.15) is 29.6 Å². The van der Waals surface area contributed by atoms with E-state index in [0.717, 1.165) is 12.8 Å². The number of hydrogen-bond donors (Lipinski definition) is 0. The van der Waals surface area contributed by atoms with Gasteiger partial charge in [0.15, 0.2) is 0 Å². The molecule has 176 valence electrons. The van der Waals surface area contributed by atoms with Gasteiger partial charge in [-0.15, -0.1) is 0 Å². The van der Waals surface area contributed by atoms with Gasteiger partial charge in [-0.1, -0.05) is 0 Å². The summed E-state index contributed by atoms with van der Waals surface area (Å²) in [6, 6.07) is 11.2. The van der Waals surface area contributed by atoms with Crippen LogP contribution >= 0.6 is 0 Å². The van der Waals surface area contributed by atoms with Crippen LogP contribution in [0.25, 0.3) is 0 Å². The number of piperidine rings is 1. The number of halogens is 2. The third-order valence-corrected chi connectivity index (χ3v) is 6.29. The Morgan fingerprint density at radius 3 is 2.21 bits per heavy atom. The molecule has 2 aromatic rings. The van der Waals surface area contributed by atoms with E-state index in [4.69, 9.17) is 9.47 Å². The van der Waals surface area contributed by atoms with Gasteiger partial charge in [-0.05, 0) is 61.4 Å². The standard InChI is InChI=1S/C25H28F2N2O4/c26-20-4-2-19(3-5-20)24(31)29-11-1-10-25(17-29,16-23(30)28-12-14-32-15-13-28)18-33-22-8-6-21(27)7-9-22/h2-9H,1,10-18H2/t25-/m0/s1. The fraction of sp³-hybridized carbons (Fsp3) is 0.440. The second-order valence-corrected chi connectivity index (χ2v) is 8.75. The van der Waals surface area contributed by atoms with E-state index in [1.54, 1.807) is 21.9 Å². The Morgan fingerprint density at radius 1 is 0.909 bits per heavy atom. The van der Waals surface area contributed by atoms with Crippen molar-refractivity contribution in [1.29, 1.82) is 0 Å². The van der Waals surface area contributed by atoms with Gasteiger partial charge >= 0.3 is 0 Å². The van der Waals surface area contributed by atoms with Crippen molar-refractivity contribution in [2.45, 2.75) is 19.3 Å². The Bertz CT molecular complexity index is 961. The highest BCUT2D eigenvalue weighted by Crippen LogP contribution is 2.36. The van der Waals surface area contributed by atoms with E-state index in [2.05, 4.69) is 0 Å². The molecule has 2 aliphatic heterocycles. The summed E-state index contributed by atoms with van der Waals surface area (Å²) in [5.74, 6) is -0.426. The molecule has 0 N–H and O–H groups in total. The highest BCUT2D eigenvalue weighted by Gasteiger charge is 2.41. The Labute approximate surface area is 192 Å². The molecule has 2 aliphatic rings. The van der Waals surface area contributed by atoms with Gasteiger partial charge in [0.05, 0.1) is 19.8 Å². The molecule has 33 heavy (non-hydrogen) atoms. The van der Waals surface area contributed by atoms with Gasteiger partial charge in [-0.25, -0.2) is 8.78 Å². The van der Waals surface area contributed by atoms with Crippen LogP contribution in [0.15, 0.2) is 48.5 Å². The van der Waals surface area contributed by atoms with Crippen LogP contribution in [-0.2, 0) is 9.53 Å². The summed E-state index contributed by atoms with van der Waals surface area (Å²) >= 11 is 0. The first kappa shape index (κ1) is 23.2. The number of hydrogen-bond acceptors (Lipinski definition) is 4. The molecule has 0 aliphatic carbocycles. The van der Waals surface area contributed by atoms with Gasteiger partial charge in [0, 0.05) is 43.6 Å². The summed E-state index contributed by atoms with van der Waals surface area (Å²) in [6.07, 6.45) is 1.68. The van der Waals surface area contributed by atoms with E-state index in [1.807, 2.05) is 0 Å². The van der Waals surface area contributed by atoms with E-state index in [9.17, 15) is 18.4 Å². The normalized spacial score (nSPS) is 21.0. The van der Waals surface area contributed by atoms with Crippen molar-refractivity contribution < 1.29 is 27.8 Å². The zero-order valence-electron chi connectivity index (χ0n) is 18.5. The number of amides is 2. The number of rotatable bonds is 6. The van der Waals surface area contributed by atoms with Gasteiger partial charge < -0.3 is 19.3 Å². The first-order valence-electron chi connectivity index (χ1n) is 11.2. The summed E-state index contributed by atoms with van der Waals surface area (Å²) < 4.78 is 37.9. The molecule has 2 fully saturated rings. The van der Waals surface area contributed by atoms with Gasteiger partial charge in [0.25, 0.3) is 5.91 Å². The van der Waals surface area contributed by atoms with Crippen molar-refractivity contribution in [3.63, 3.8) is 0 Å². The molecule has 0 spiro atoms. The molecule has 6 nitrogen and oxygen atoms in total. The minimum absolute atomic E-state index is 0.0112. The summed E-state index contributed by atoms with van der Waals surface area (Å²) in [4.78, 5) is 29.8. The largest absolute Gasteiger partial charge is 0.493 e. The second-order valence-electron chi connectivity index (χ2n) is 8.75. The summed E-state index contributed by atoms with van der Waals surface area (Å²) in [5.41, 5.74) is -0.177. The maximum atomic E-state index is 13.3. The van der Waals surface area contributed by atoms with Gasteiger partial charge in [-0.2, -0.15) is 0 Å². The highest BCUT2D eigenvalue weighted by molar-refractivity contribution is 5.94. The van der Waals surface area contributed by atoms with Crippen LogP contribution < -0.4 is 4.74 Å². The fourth-order valence-electron chi connectivity index (χ4n) is 4.48. The molecule has 0 radical (unpaired) electrons. The van der Waals surface area contributed by atoms with Crippen LogP contribution in [0.5, 0.6) is 5.75 Å². The lowest BCUT2D eigenvalue weighted by Crippen LogP contribution is -2.52. The minimum Gasteiger partial charge on any atom is -0.493 e. The number of ether oxygens (including phenoxy) is 2. The molecule has 4 rings (SSSR count). The predicted octanol–water partition coefficient (Wildman–Crippen LogP) is 3.52. The van der Waals surface area contributed by atoms with Crippen molar-refractivity contribution in [3.8, 4) is 5.75 Å². The van der Waals surface area contributed by atoms with Crippen LogP contribution in [0.2, 0.25) is 0 Å². The number of benzene rings is 2. The lowest BCUT2D eigenvalue weighted by Gasteiger charge is -2.43. The molecule has 2 saturated heterocycles. The number of nitrogens with zero attached hydrogens (tertiary/aromatic N) is 2. The third-order valence-electron chi connectivity index (χ3n) is 6.29. The molecule has 1 atom stereocenters. The lowest BCUT2D eigenvalue weighted by molar-refractivity contribution is -0.139. The Kier molecular flexibility index (Phi) is 7.23. The van der Waals surface area contributed by atoms with Crippen LogP contribution in [0, 0.1) is 17.0 Å². The van der Waals surface area contributed by atoms with Crippen molar-refractivity contribution in [1.82, 2.24) is 9.80 Å². The van der Waals surface area contributed by atoms with Crippen molar-refractivity contribution in [2.24, 2.45) is 5.41 Å². The minimum atomic E-state index is -0.586. The Hall–Kier alpha value is -3.00. The molecule has 0 aromatic heterocycles. The highest BCUT2D eigenvalue weighted by atomic mass is 19.1. The quantitative estimate of drug-likeness (QED) is 0.665. The smallest absolute Gasteiger partial charge is 0.253 e. The average Bonchev–Trinajstić information content (AvgIpc) is 2.84. The Balaban J connectivity index is 1.52. The van der Waals surface area contributed by atoms with Crippen molar-refractivity contribution in [2.75, 3.05) is 46.0 Å². The molecule has 2 heterocycles. The number of carbonyl (C=O) groups is 2. The molecule has 0 unspecified atom stereocenters. The summed E-state index contributed by atoms with van der Waals surface area (Å²) in [5, 5.41) is 0. The number of likely N-dealkylation sites (tertiary alicyclic amines) is 1. The first-order chi connectivity index (χ1) is 15.9. The first-order valence-corrected chi connectivity index (χ1v) is 11.2. The van der Waals surface area contributed by atoms with E-state index in [1.165, 1.54) is 36.4 Å². The molecule has 2 aromatic carbocycles. The summed E-state index contributed by atoms with van der Waals surface area (Å²) in [7, 11) is 0. The maximum absolute atomic E-state index is 13.3. The zero-order chi connectivity index (χ0) is 23.3. The molecule has 2 amide bonds. The molecule has 8 heteroatoms. The topological polar surface area (TPSA) is 59.1 Å². The predicted molar refractivity (Wildman–Crippen MR) is 118 cm³/mol. The van der Waals surface area contributed by atoms with Crippen molar-refractivity contribution >= 4 is 11.8 Å². The van der Waals surface area contributed by atoms with Gasteiger partial charge in [-0.3, -0.25) is 9.59 Å². The van der Waals surface area contributed by atoms with E-state index < -0.39 is 11.2 Å². The Morgan fingerprint density at radius 2 is 1.55 bits per heavy atom. The molecular formula is C25H28F2N2O4. The van der Waals surface area contributed by atoms with Crippen LogP contribution in [-0.4, -0.2) is 67.6 Å². The zero-order valence-corrected chi connectivity index (χ0v) is 18.5. The maximum Gasteiger partial charge on any atom is 0.253 e. The van der Waals surface area contributed by atoms with E-state index in [-0.39, 0.29) is 30.7 Å². The van der Waals surface area contributed by atoms with Crippen molar-refractivity contribution in [3.05, 3.63) is 65.7 Å². The van der Waals surface area contributed by atoms with Gasteiger partial charge in [0.2, 0.25) is 5.91 Å². The van der Waals surface area contributed by atoms with E-state index in [0.29, 0.717) is 50.7 Å². The van der Waals surface area contributed by atoms with Crippen LogP contribution in [0.3, 0.4) is 0 Å². The SMILES string of the molecule is O=C(C[C@@]1(COc2ccc(F)cc2)CCCN(C(=O)c2ccc(F)cc2)C1)N1CCOCC1. The lowest BCUT2D eigenvalue weighted by atomic mass is 9.77. The van der Waals surface area contributed by atoms with Crippen LogP contribution in [0.4, 0.5) is 8.78 Å².